The molecule has 0 aliphatic rings. The molecular formula is C15H10BrF2NO. The fourth-order valence-electron chi connectivity index (χ4n) is 2.06. The third kappa shape index (κ3) is 2.34. The van der Waals surface area contributed by atoms with Gasteiger partial charge in [-0.1, -0.05) is 6.07 Å². The molecule has 0 amide bonds. The predicted octanol–water partition coefficient (Wildman–Crippen LogP) is 4.52. The number of rotatable bonds is 2. The number of hydrogen-bond acceptors (Lipinski definition) is 2. The summed E-state index contributed by atoms with van der Waals surface area (Å²) in [6.07, 6.45) is 0. The molecule has 1 unspecified atom stereocenters. The standard InChI is InChI=1S/C15H10BrF2NO/c16-11-3-1-8(6-12(11)18)15(19)14-7-9-5-10(17)2-4-13(9)20-14/h1-7,15H,19H2. The van der Waals surface area contributed by atoms with Gasteiger partial charge in [0.15, 0.2) is 0 Å². The summed E-state index contributed by atoms with van der Waals surface area (Å²) >= 11 is 3.09. The Morgan fingerprint density at radius 1 is 1.05 bits per heavy atom. The molecule has 0 saturated heterocycles. The van der Waals surface area contributed by atoms with Gasteiger partial charge in [0.1, 0.15) is 23.0 Å². The Morgan fingerprint density at radius 3 is 2.60 bits per heavy atom. The molecule has 3 aromatic rings. The van der Waals surface area contributed by atoms with E-state index in [9.17, 15) is 8.78 Å². The number of fused-ring (bicyclic) bond motifs is 1. The van der Waals surface area contributed by atoms with Gasteiger partial charge < -0.3 is 10.2 Å². The van der Waals surface area contributed by atoms with E-state index in [0.29, 0.717) is 26.8 Å². The van der Waals surface area contributed by atoms with Crippen LogP contribution in [-0.2, 0) is 0 Å². The number of nitrogens with two attached hydrogens (primary N) is 1. The van der Waals surface area contributed by atoms with E-state index < -0.39 is 6.04 Å². The van der Waals surface area contributed by atoms with Crippen LogP contribution >= 0.6 is 15.9 Å². The summed E-state index contributed by atoms with van der Waals surface area (Å²) in [4.78, 5) is 0. The second-order valence-corrected chi connectivity index (χ2v) is 5.34. The quantitative estimate of drug-likeness (QED) is 0.746. The van der Waals surface area contributed by atoms with Crippen LogP contribution in [0.4, 0.5) is 8.78 Å². The van der Waals surface area contributed by atoms with E-state index in [4.69, 9.17) is 10.2 Å². The van der Waals surface area contributed by atoms with Crippen LogP contribution in [0.2, 0.25) is 0 Å². The van der Waals surface area contributed by atoms with Gasteiger partial charge in [-0.15, -0.1) is 0 Å². The maximum absolute atomic E-state index is 13.5. The Balaban J connectivity index is 2.02. The highest BCUT2D eigenvalue weighted by molar-refractivity contribution is 9.10. The molecule has 0 fully saturated rings. The van der Waals surface area contributed by atoms with Gasteiger partial charge in [0.25, 0.3) is 0 Å². The second-order valence-electron chi connectivity index (χ2n) is 4.48. The van der Waals surface area contributed by atoms with Crippen molar-refractivity contribution in [2.45, 2.75) is 6.04 Å². The Hall–Kier alpha value is -1.72. The van der Waals surface area contributed by atoms with Crippen LogP contribution in [0.25, 0.3) is 11.0 Å². The Morgan fingerprint density at radius 2 is 1.85 bits per heavy atom. The summed E-state index contributed by atoms with van der Waals surface area (Å²) in [5.41, 5.74) is 7.21. The van der Waals surface area contributed by atoms with Gasteiger partial charge in [0.2, 0.25) is 0 Å². The molecule has 1 aromatic heterocycles. The number of hydrogen-bond donors (Lipinski definition) is 1. The Bertz CT molecular complexity index is 785. The van der Waals surface area contributed by atoms with Crippen molar-refractivity contribution in [2.75, 3.05) is 0 Å². The van der Waals surface area contributed by atoms with Crippen LogP contribution in [0, 0.1) is 11.6 Å². The van der Waals surface area contributed by atoms with Crippen molar-refractivity contribution in [1.82, 2.24) is 0 Å². The highest BCUT2D eigenvalue weighted by Crippen LogP contribution is 2.28. The van der Waals surface area contributed by atoms with Crippen molar-refractivity contribution < 1.29 is 13.2 Å². The topological polar surface area (TPSA) is 39.2 Å². The van der Waals surface area contributed by atoms with E-state index in [1.54, 1.807) is 24.3 Å². The fraction of sp³-hybridized carbons (Fsp3) is 0.0667. The zero-order valence-corrected chi connectivity index (χ0v) is 11.8. The molecule has 2 N–H and O–H groups in total. The van der Waals surface area contributed by atoms with Crippen molar-refractivity contribution in [3.63, 3.8) is 0 Å². The van der Waals surface area contributed by atoms with Crippen LogP contribution in [0.5, 0.6) is 0 Å². The van der Waals surface area contributed by atoms with Gasteiger partial charge >= 0.3 is 0 Å². The first-order valence-corrected chi connectivity index (χ1v) is 6.73. The van der Waals surface area contributed by atoms with Crippen LogP contribution < -0.4 is 5.73 Å². The van der Waals surface area contributed by atoms with Gasteiger partial charge in [-0.05, 0) is 57.9 Å². The lowest BCUT2D eigenvalue weighted by Crippen LogP contribution is -2.11. The molecule has 20 heavy (non-hydrogen) atoms. The highest BCUT2D eigenvalue weighted by atomic mass is 79.9. The minimum atomic E-state index is -0.604. The van der Waals surface area contributed by atoms with Gasteiger partial charge in [0.05, 0.1) is 10.5 Å². The minimum Gasteiger partial charge on any atom is -0.459 e. The third-order valence-corrected chi connectivity index (χ3v) is 3.75. The zero-order chi connectivity index (χ0) is 14.3. The smallest absolute Gasteiger partial charge is 0.137 e. The summed E-state index contributed by atoms with van der Waals surface area (Å²) in [6.45, 7) is 0. The zero-order valence-electron chi connectivity index (χ0n) is 10.2. The first-order valence-electron chi connectivity index (χ1n) is 5.94. The maximum atomic E-state index is 13.5. The molecule has 1 heterocycles. The van der Waals surface area contributed by atoms with Gasteiger partial charge in [-0.3, -0.25) is 0 Å². The van der Waals surface area contributed by atoms with Crippen molar-refractivity contribution in [3.8, 4) is 0 Å². The van der Waals surface area contributed by atoms with Crippen LogP contribution in [-0.4, -0.2) is 0 Å². The number of halogens is 3. The molecule has 102 valence electrons. The molecule has 0 radical (unpaired) electrons. The van der Waals surface area contributed by atoms with E-state index in [1.807, 2.05) is 0 Å². The summed E-state index contributed by atoms with van der Waals surface area (Å²) in [5.74, 6) is -0.263. The summed E-state index contributed by atoms with van der Waals surface area (Å²) in [5, 5.41) is 0.632. The average molecular weight is 338 g/mol. The number of benzene rings is 2. The van der Waals surface area contributed by atoms with Crippen molar-refractivity contribution in [2.24, 2.45) is 5.73 Å². The number of furan rings is 1. The summed E-state index contributed by atoms with van der Waals surface area (Å²) < 4.78 is 32.6. The maximum Gasteiger partial charge on any atom is 0.137 e. The van der Waals surface area contributed by atoms with Gasteiger partial charge in [0, 0.05) is 5.39 Å². The van der Waals surface area contributed by atoms with Crippen molar-refractivity contribution in [1.29, 1.82) is 0 Å². The lowest BCUT2D eigenvalue weighted by molar-refractivity contribution is 0.522. The lowest BCUT2D eigenvalue weighted by Gasteiger charge is -2.09. The molecule has 3 rings (SSSR count). The highest BCUT2D eigenvalue weighted by Gasteiger charge is 2.16. The second kappa shape index (κ2) is 5.00. The van der Waals surface area contributed by atoms with Crippen molar-refractivity contribution in [3.05, 3.63) is 69.9 Å². The van der Waals surface area contributed by atoms with Crippen molar-refractivity contribution >= 4 is 26.9 Å². The SMILES string of the molecule is NC(c1ccc(Br)c(F)c1)c1cc2cc(F)ccc2o1. The summed E-state index contributed by atoms with van der Waals surface area (Å²) in [6, 6.07) is 9.96. The first-order chi connectivity index (χ1) is 9.54. The molecule has 0 spiro atoms. The molecule has 5 heteroatoms. The van der Waals surface area contributed by atoms with E-state index in [1.165, 1.54) is 18.2 Å². The van der Waals surface area contributed by atoms with Gasteiger partial charge in [-0.25, -0.2) is 8.78 Å². The third-order valence-electron chi connectivity index (χ3n) is 3.11. The van der Waals surface area contributed by atoms with Crippen LogP contribution in [0.15, 0.2) is 51.4 Å². The fourth-order valence-corrected chi connectivity index (χ4v) is 2.30. The Kier molecular flexibility index (Phi) is 3.31. The molecule has 2 aromatic carbocycles. The molecule has 0 aliphatic carbocycles. The van der Waals surface area contributed by atoms with E-state index in [-0.39, 0.29) is 11.6 Å². The predicted molar refractivity (Wildman–Crippen MR) is 76.3 cm³/mol. The van der Waals surface area contributed by atoms with Crippen LogP contribution in [0.3, 0.4) is 0 Å². The summed E-state index contributed by atoms with van der Waals surface area (Å²) in [7, 11) is 0. The average Bonchev–Trinajstić information content (AvgIpc) is 2.84. The van der Waals surface area contributed by atoms with Crippen LogP contribution in [0.1, 0.15) is 17.4 Å². The normalized spacial score (nSPS) is 12.8. The van der Waals surface area contributed by atoms with E-state index >= 15 is 0 Å². The molecular weight excluding hydrogens is 328 g/mol. The van der Waals surface area contributed by atoms with E-state index in [0.717, 1.165) is 0 Å². The molecule has 0 bridgehead atoms. The lowest BCUT2D eigenvalue weighted by atomic mass is 10.1. The molecule has 0 aliphatic heterocycles. The minimum absolute atomic E-state index is 0.340. The Labute approximate surface area is 122 Å². The largest absolute Gasteiger partial charge is 0.459 e. The molecule has 1 atom stereocenters. The molecule has 2 nitrogen and oxygen atoms in total. The van der Waals surface area contributed by atoms with E-state index in [2.05, 4.69) is 15.9 Å². The monoisotopic (exact) mass is 337 g/mol. The van der Waals surface area contributed by atoms with Gasteiger partial charge in [-0.2, -0.15) is 0 Å². The first kappa shape index (κ1) is 13.3. The molecule has 0 saturated carbocycles.